The second-order valence-electron chi connectivity index (χ2n) is 6.19. The number of thiophene rings is 1. The number of aromatic nitrogens is 3. The SMILES string of the molecule is COc1ccc(-c2nn(CC(=O)c3cccs3)c(=O)c3nc(C)sc23)cc1OC. The van der Waals surface area contributed by atoms with E-state index < -0.39 is 0 Å². The average molecular weight is 428 g/mol. The molecule has 0 unspecified atom stereocenters. The van der Waals surface area contributed by atoms with Crippen molar-refractivity contribution in [1.82, 2.24) is 14.8 Å². The maximum Gasteiger partial charge on any atom is 0.294 e. The number of carbonyl (C=O) groups is 1. The van der Waals surface area contributed by atoms with Crippen molar-refractivity contribution in [3.63, 3.8) is 0 Å². The molecule has 0 fully saturated rings. The maximum atomic E-state index is 12.9. The molecule has 0 aliphatic rings. The number of hydrogen-bond donors (Lipinski definition) is 0. The molecule has 3 heterocycles. The Labute approximate surface area is 174 Å². The van der Waals surface area contributed by atoms with Gasteiger partial charge in [0, 0.05) is 5.56 Å². The van der Waals surface area contributed by atoms with Crippen LogP contribution in [0.15, 0.2) is 40.5 Å². The van der Waals surface area contributed by atoms with Gasteiger partial charge in [-0.2, -0.15) is 5.10 Å². The van der Waals surface area contributed by atoms with E-state index in [0.29, 0.717) is 32.3 Å². The van der Waals surface area contributed by atoms with Crippen LogP contribution in [0.5, 0.6) is 11.5 Å². The van der Waals surface area contributed by atoms with E-state index in [1.54, 1.807) is 38.5 Å². The van der Waals surface area contributed by atoms with Crippen LogP contribution < -0.4 is 15.0 Å². The quantitative estimate of drug-likeness (QED) is 0.436. The zero-order valence-electron chi connectivity index (χ0n) is 16.0. The van der Waals surface area contributed by atoms with Gasteiger partial charge in [-0.15, -0.1) is 22.7 Å². The number of benzene rings is 1. The second kappa shape index (κ2) is 7.76. The molecule has 0 spiro atoms. The number of thiazole rings is 1. The first-order valence-corrected chi connectivity index (χ1v) is 10.4. The van der Waals surface area contributed by atoms with E-state index in [-0.39, 0.29) is 17.9 Å². The van der Waals surface area contributed by atoms with Gasteiger partial charge < -0.3 is 9.47 Å². The van der Waals surface area contributed by atoms with E-state index in [1.807, 2.05) is 18.4 Å². The summed E-state index contributed by atoms with van der Waals surface area (Å²) < 4.78 is 12.6. The van der Waals surface area contributed by atoms with Crippen LogP contribution in [0.1, 0.15) is 14.7 Å². The first kappa shape index (κ1) is 19.3. The van der Waals surface area contributed by atoms with Crippen LogP contribution in [-0.2, 0) is 6.54 Å². The Hall–Kier alpha value is -3.04. The van der Waals surface area contributed by atoms with Crippen molar-refractivity contribution in [3.05, 3.63) is 56.0 Å². The van der Waals surface area contributed by atoms with Crippen LogP contribution in [-0.4, -0.2) is 34.8 Å². The van der Waals surface area contributed by atoms with Gasteiger partial charge in [-0.3, -0.25) is 9.59 Å². The van der Waals surface area contributed by atoms with Gasteiger partial charge in [0.15, 0.2) is 22.8 Å². The lowest BCUT2D eigenvalue weighted by atomic mass is 10.1. The smallest absolute Gasteiger partial charge is 0.294 e. The molecule has 4 rings (SSSR count). The van der Waals surface area contributed by atoms with Crippen molar-refractivity contribution in [1.29, 1.82) is 0 Å². The van der Waals surface area contributed by atoms with E-state index in [4.69, 9.17) is 9.47 Å². The maximum absolute atomic E-state index is 12.9. The molecule has 9 heteroatoms. The third kappa shape index (κ3) is 3.54. The number of aryl methyl sites for hydroxylation is 1. The molecular formula is C20H17N3O4S2. The van der Waals surface area contributed by atoms with Crippen LogP contribution in [0.4, 0.5) is 0 Å². The van der Waals surface area contributed by atoms with Crippen LogP contribution >= 0.6 is 22.7 Å². The Kier molecular flexibility index (Phi) is 5.16. The Morgan fingerprint density at radius 3 is 2.66 bits per heavy atom. The molecule has 0 bridgehead atoms. The number of ether oxygens (including phenoxy) is 2. The van der Waals surface area contributed by atoms with Gasteiger partial charge in [-0.05, 0) is 36.6 Å². The molecule has 0 aliphatic carbocycles. The number of carbonyl (C=O) groups excluding carboxylic acids is 1. The van der Waals surface area contributed by atoms with Gasteiger partial charge in [0.1, 0.15) is 12.2 Å². The highest BCUT2D eigenvalue weighted by atomic mass is 32.1. The molecule has 148 valence electrons. The minimum Gasteiger partial charge on any atom is -0.493 e. The van der Waals surface area contributed by atoms with Gasteiger partial charge in [-0.25, -0.2) is 9.67 Å². The minimum absolute atomic E-state index is 0.147. The summed E-state index contributed by atoms with van der Waals surface area (Å²) in [5.74, 6) is 0.974. The van der Waals surface area contributed by atoms with Crippen LogP contribution in [0, 0.1) is 6.92 Å². The summed E-state index contributed by atoms with van der Waals surface area (Å²) in [4.78, 5) is 30.4. The Morgan fingerprint density at radius 2 is 1.97 bits per heavy atom. The third-order valence-electron chi connectivity index (χ3n) is 4.35. The molecule has 7 nitrogen and oxygen atoms in total. The number of ketones is 1. The summed E-state index contributed by atoms with van der Waals surface area (Å²) in [6.45, 7) is 1.69. The van der Waals surface area contributed by atoms with Gasteiger partial charge in [0.05, 0.1) is 28.8 Å². The monoisotopic (exact) mass is 427 g/mol. The van der Waals surface area contributed by atoms with Crippen LogP contribution in [0.25, 0.3) is 21.5 Å². The topological polar surface area (TPSA) is 83.3 Å². The highest BCUT2D eigenvalue weighted by molar-refractivity contribution is 7.19. The fraction of sp³-hybridized carbons (Fsp3) is 0.200. The van der Waals surface area contributed by atoms with E-state index in [0.717, 1.165) is 10.6 Å². The van der Waals surface area contributed by atoms with Crippen molar-refractivity contribution < 1.29 is 14.3 Å². The molecule has 3 aromatic heterocycles. The van der Waals surface area contributed by atoms with E-state index in [1.165, 1.54) is 27.4 Å². The van der Waals surface area contributed by atoms with Crippen molar-refractivity contribution in [2.24, 2.45) is 0 Å². The molecule has 1 aromatic carbocycles. The molecule has 0 saturated heterocycles. The van der Waals surface area contributed by atoms with Crippen molar-refractivity contribution in [2.45, 2.75) is 13.5 Å². The number of hydrogen-bond acceptors (Lipinski definition) is 8. The zero-order valence-corrected chi connectivity index (χ0v) is 17.6. The average Bonchev–Trinajstić information content (AvgIpc) is 3.39. The molecule has 0 amide bonds. The molecule has 29 heavy (non-hydrogen) atoms. The fourth-order valence-corrected chi connectivity index (χ4v) is 4.57. The Balaban J connectivity index is 1.88. The highest BCUT2D eigenvalue weighted by Gasteiger charge is 2.19. The largest absolute Gasteiger partial charge is 0.493 e. The lowest BCUT2D eigenvalue weighted by Gasteiger charge is -2.11. The molecule has 0 saturated carbocycles. The number of fused-ring (bicyclic) bond motifs is 1. The number of rotatable bonds is 6. The molecule has 0 N–H and O–H groups in total. The van der Waals surface area contributed by atoms with Gasteiger partial charge in [0.2, 0.25) is 0 Å². The predicted octanol–water partition coefficient (Wildman–Crippen LogP) is 3.79. The Bertz CT molecular complexity index is 1260. The molecular weight excluding hydrogens is 410 g/mol. The molecule has 0 radical (unpaired) electrons. The zero-order chi connectivity index (χ0) is 20.5. The van der Waals surface area contributed by atoms with Gasteiger partial charge in [0.25, 0.3) is 5.56 Å². The molecule has 4 aromatic rings. The van der Waals surface area contributed by atoms with Gasteiger partial charge in [-0.1, -0.05) is 6.07 Å². The first-order chi connectivity index (χ1) is 14.0. The number of nitrogens with zero attached hydrogens (tertiary/aromatic N) is 3. The van der Waals surface area contributed by atoms with Crippen LogP contribution in [0.2, 0.25) is 0 Å². The lowest BCUT2D eigenvalue weighted by Crippen LogP contribution is -2.27. The van der Waals surface area contributed by atoms with Crippen molar-refractivity contribution in [3.8, 4) is 22.8 Å². The summed E-state index contributed by atoms with van der Waals surface area (Å²) in [6.07, 6.45) is 0. The van der Waals surface area contributed by atoms with E-state index in [9.17, 15) is 9.59 Å². The standard InChI is InChI=1S/C20H17N3O4S2/c1-11-21-18-19(29-11)17(12-6-7-14(26-2)15(9-12)27-3)22-23(20(18)25)10-13(24)16-5-4-8-28-16/h4-9H,10H2,1-3H3. The van der Waals surface area contributed by atoms with Gasteiger partial charge >= 0.3 is 0 Å². The summed E-state index contributed by atoms with van der Waals surface area (Å²) in [5, 5.41) is 7.10. The first-order valence-electron chi connectivity index (χ1n) is 8.69. The fourth-order valence-electron chi connectivity index (χ4n) is 3.00. The lowest BCUT2D eigenvalue weighted by molar-refractivity contribution is 0.0970. The molecule has 0 atom stereocenters. The summed E-state index contributed by atoms with van der Waals surface area (Å²) >= 11 is 2.73. The Morgan fingerprint density at radius 1 is 1.17 bits per heavy atom. The summed E-state index contributed by atoms with van der Waals surface area (Å²) in [7, 11) is 3.12. The van der Waals surface area contributed by atoms with E-state index in [2.05, 4.69) is 10.1 Å². The number of Topliss-reactive ketones (excluding diaryl/α,β-unsaturated/α-hetero) is 1. The van der Waals surface area contributed by atoms with Crippen molar-refractivity contribution in [2.75, 3.05) is 14.2 Å². The third-order valence-corrected chi connectivity index (χ3v) is 6.24. The normalized spacial score (nSPS) is 11.0. The summed E-state index contributed by atoms with van der Waals surface area (Å²) in [6, 6.07) is 8.95. The summed E-state index contributed by atoms with van der Waals surface area (Å²) in [5.41, 5.74) is 1.25. The molecule has 0 aliphatic heterocycles. The minimum atomic E-state index is -0.376. The van der Waals surface area contributed by atoms with E-state index >= 15 is 0 Å². The van der Waals surface area contributed by atoms with Crippen molar-refractivity contribution >= 4 is 38.7 Å². The predicted molar refractivity (Wildman–Crippen MR) is 114 cm³/mol. The van der Waals surface area contributed by atoms with Crippen LogP contribution in [0.3, 0.4) is 0 Å². The number of methoxy groups -OCH3 is 2. The highest BCUT2D eigenvalue weighted by Crippen LogP contribution is 2.35. The second-order valence-corrected chi connectivity index (χ2v) is 8.34.